The Morgan fingerprint density at radius 3 is 3.06 bits per heavy atom. The lowest BCUT2D eigenvalue weighted by atomic mass is 10.2. The van der Waals surface area contributed by atoms with Gasteiger partial charge in [0.05, 0.1) is 6.04 Å². The topological polar surface area (TPSA) is 75.4 Å². The molecule has 0 saturated heterocycles. The van der Waals surface area contributed by atoms with E-state index in [9.17, 15) is 9.59 Å². The first-order valence-electron chi connectivity index (χ1n) is 4.75. The minimum atomic E-state index is -1.01. The summed E-state index contributed by atoms with van der Waals surface area (Å²) in [6.45, 7) is 1.99. The van der Waals surface area contributed by atoms with E-state index >= 15 is 0 Å². The second-order valence-corrected chi connectivity index (χ2v) is 4.54. The zero-order valence-corrected chi connectivity index (χ0v) is 10.1. The van der Waals surface area contributed by atoms with Gasteiger partial charge >= 0.3 is 5.97 Å². The molecule has 1 amide bonds. The molecule has 1 N–H and O–H groups in total. The van der Waals surface area contributed by atoms with Gasteiger partial charge in [0.1, 0.15) is 16.8 Å². The number of hydrogen-bond acceptors (Lipinski definition) is 3. The van der Waals surface area contributed by atoms with Crippen molar-refractivity contribution in [3.8, 4) is 0 Å². The van der Waals surface area contributed by atoms with Crippen LogP contribution < -0.4 is 0 Å². The molecule has 0 bridgehead atoms. The second-order valence-electron chi connectivity index (χ2n) is 3.73. The minimum absolute atomic E-state index is 0.0154. The van der Waals surface area contributed by atoms with Crippen LogP contribution in [0.4, 0.5) is 0 Å². The molecule has 2 heterocycles. The molecule has 0 unspecified atom stereocenters. The molecule has 86 valence electrons. The molecule has 7 heteroatoms. The van der Waals surface area contributed by atoms with Gasteiger partial charge in [0, 0.05) is 12.6 Å². The third-order valence-electron chi connectivity index (χ3n) is 2.44. The smallest absolute Gasteiger partial charge is 0.323 e. The van der Waals surface area contributed by atoms with Crippen LogP contribution in [0, 0.1) is 0 Å². The van der Waals surface area contributed by atoms with Crippen LogP contribution in [-0.4, -0.2) is 44.8 Å². The summed E-state index contributed by atoms with van der Waals surface area (Å²) in [7, 11) is 0. The first-order chi connectivity index (χ1) is 7.49. The maximum Gasteiger partial charge on any atom is 0.323 e. The molecule has 16 heavy (non-hydrogen) atoms. The summed E-state index contributed by atoms with van der Waals surface area (Å²) in [6, 6.07) is 1.59. The van der Waals surface area contributed by atoms with Crippen molar-refractivity contribution in [1.29, 1.82) is 0 Å². The number of nitrogens with zero attached hydrogens (tertiary/aromatic N) is 3. The SMILES string of the molecule is C[C@H]1CN(CC(=O)O)C(=O)c2cc(Br)nn21. The van der Waals surface area contributed by atoms with E-state index in [2.05, 4.69) is 21.0 Å². The zero-order chi connectivity index (χ0) is 11.9. The normalized spacial score (nSPS) is 19.8. The van der Waals surface area contributed by atoms with E-state index in [-0.39, 0.29) is 18.5 Å². The van der Waals surface area contributed by atoms with Crippen molar-refractivity contribution in [3.63, 3.8) is 0 Å². The number of carbonyl (C=O) groups is 2. The molecular weight excluding hydrogens is 278 g/mol. The van der Waals surface area contributed by atoms with Crippen LogP contribution in [-0.2, 0) is 4.79 Å². The molecule has 1 atom stereocenters. The van der Waals surface area contributed by atoms with Gasteiger partial charge in [-0.25, -0.2) is 0 Å². The number of amides is 1. The molecule has 1 aromatic rings. The molecule has 0 aliphatic carbocycles. The van der Waals surface area contributed by atoms with Crippen LogP contribution in [0.25, 0.3) is 0 Å². The minimum Gasteiger partial charge on any atom is -0.480 e. The van der Waals surface area contributed by atoms with Gasteiger partial charge in [-0.3, -0.25) is 14.3 Å². The Kier molecular flexibility index (Phi) is 2.71. The molecule has 0 aromatic carbocycles. The van der Waals surface area contributed by atoms with Gasteiger partial charge in [-0.2, -0.15) is 5.10 Å². The van der Waals surface area contributed by atoms with Crippen molar-refractivity contribution in [2.45, 2.75) is 13.0 Å². The molecule has 6 nitrogen and oxygen atoms in total. The van der Waals surface area contributed by atoms with E-state index in [1.165, 1.54) is 4.90 Å². The van der Waals surface area contributed by atoms with E-state index in [0.29, 0.717) is 16.8 Å². The zero-order valence-electron chi connectivity index (χ0n) is 8.55. The lowest BCUT2D eigenvalue weighted by molar-refractivity contribution is -0.137. The highest BCUT2D eigenvalue weighted by molar-refractivity contribution is 9.10. The number of carbonyl (C=O) groups excluding carboxylic acids is 1. The summed E-state index contributed by atoms with van der Waals surface area (Å²) in [4.78, 5) is 23.8. The van der Waals surface area contributed by atoms with Crippen LogP contribution in [0.1, 0.15) is 23.5 Å². The van der Waals surface area contributed by atoms with Crippen molar-refractivity contribution in [2.24, 2.45) is 0 Å². The van der Waals surface area contributed by atoms with E-state index in [0.717, 1.165) is 0 Å². The highest BCUT2D eigenvalue weighted by atomic mass is 79.9. The molecule has 0 spiro atoms. The molecule has 0 saturated carbocycles. The Morgan fingerprint density at radius 1 is 1.75 bits per heavy atom. The van der Waals surface area contributed by atoms with Crippen molar-refractivity contribution >= 4 is 27.8 Å². The number of aliphatic carboxylic acids is 1. The molecule has 2 rings (SSSR count). The lowest BCUT2D eigenvalue weighted by Gasteiger charge is -2.30. The number of aromatic nitrogens is 2. The first kappa shape index (κ1) is 11.1. The number of hydrogen-bond donors (Lipinski definition) is 1. The fourth-order valence-corrected chi connectivity index (χ4v) is 2.19. The Bertz CT molecular complexity index is 457. The maximum absolute atomic E-state index is 11.9. The lowest BCUT2D eigenvalue weighted by Crippen LogP contribution is -2.44. The van der Waals surface area contributed by atoms with E-state index in [1.54, 1.807) is 10.7 Å². The largest absolute Gasteiger partial charge is 0.480 e. The Morgan fingerprint density at radius 2 is 2.44 bits per heavy atom. The van der Waals surface area contributed by atoms with Crippen molar-refractivity contribution in [1.82, 2.24) is 14.7 Å². The van der Waals surface area contributed by atoms with Crippen molar-refractivity contribution in [2.75, 3.05) is 13.1 Å². The molecule has 1 aliphatic rings. The van der Waals surface area contributed by atoms with Gasteiger partial charge in [0.25, 0.3) is 5.91 Å². The number of rotatable bonds is 2. The molecule has 1 aliphatic heterocycles. The van der Waals surface area contributed by atoms with Gasteiger partial charge in [0.2, 0.25) is 0 Å². The molecule has 0 fully saturated rings. The third-order valence-corrected chi connectivity index (χ3v) is 2.83. The van der Waals surface area contributed by atoms with Crippen LogP contribution in [0.2, 0.25) is 0 Å². The van der Waals surface area contributed by atoms with Gasteiger partial charge < -0.3 is 10.0 Å². The fraction of sp³-hybridized carbons (Fsp3) is 0.444. The van der Waals surface area contributed by atoms with Crippen LogP contribution in [0.3, 0.4) is 0 Å². The average molecular weight is 288 g/mol. The second kappa shape index (κ2) is 3.89. The highest BCUT2D eigenvalue weighted by Gasteiger charge is 2.31. The summed E-state index contributed by atoms with van der Waals surface area (Å²) in [5.74, 6) is -1.30. The summed E-state index contributed by atoms with van der Waals surface area (Å²) >= 11 is 3.20. The van der Waals surface area contributed by atoms with E-state index in [4.69, 9.17) is 5.11 Å². The predicted octanol–water partition coefficient (Wildman–Crippen LogP) is 0.747. The van der Waals surface area contributed by atoms with Crippen LogP contribution >= 0.6 is 15.9 Å². The van der Waals surface area contributed by atoms with Gasteiger partial charge in [0.15, 0.2) is 0 Å². The number of carboxylic acid groups (broad SMARTS) is 1. The number of carboxylic acids is 1. The van der Waals surface area contributed by atoms with Gasteiger partial charge in [-0.15, -0.1) is 0 Å². The Balaban J connectivity index is 2.33. The van der Waals surface area contributed by atoms with Crippen LogP contribution in [0.5, 0.6) is 0 Å². The summed E-state index contributed by atoms with van der Waals surface area (Å²) in [5.41, 5.74) is 0.423. The average Bonchev–Trinajstić information content (AvgIpc) is 2.56. The first-order valence-corrected chi connectivity index (χ1v) is 5.54. The van der Waals surface area contributed by atoms with E-state index < -0.39 is 5.97 Å². The Hall–Kier alpha value is -1.37. The summed E-state index contributed by atoms with van der Waals surface area (Å²) in [5, 5.41) is 12.8. The van der Waals surface area contributed by atoms with Gasteiger partial charge in [-0.05, 0) is 22.9 Å². The van der Waals surface area contributed by atoms with Crippen molar-refractivity contribution < 1.29 is 14.7 Å². The number of halogens is 1. The molecule has 1 aromatic heterocycles. The van der Waals surface area contributed by atoms with Gasteiger partial charge in [-0.1, -0.05) is 0 Å². The quantitative estimate of drug-likeness (QED) is 0.871. The highest BCUT2D eigenvalue weighted by Crippen LogP contribution is 2.22. The van der Waals surface area contributed by atoms with E-state index in [1.807, 2.05) is 6.92 Å². The fourth-order valence-electron chi connectivity index (χ4n) is 1.80. The third kappa shape index (κ3) is 1.82. The summed E-state index contributed by atoms with van der Waals surface area (Å²) in [6.07, 6.45) is 0. The summed E-state index contributed by atoms with van der Waals surface area (Å²) < 4.78 is 2.20. The Labute approximate surface area is 100.0 Å². The maximum atomic E-state index is 11.9. The van der Waals surface area contributed by atoms with Crippen LogP contribution in [0.15, 0.2) is 10.7 Å². The molecular formula is C9H10BrN3O3. The monoisotopic (exact) mass is 287 g/mol. The predicted molar refractivity (Wildman–Crippen MR) is 58.2 cm³/mol. The number of fused-ring (bicyclic) bond motifs is 1. The standard InChI is InChI=1S/C9H10BrN3O3/c1-5-3-12(4-8(14)15)9(16)6-2-7(10)11-13(5)6/h2,5H,3-4H2,1H3,(H,14,15)/t5-/m0/s1. The molecule has 0 radical (unpaired) electrons. The van der Waals surface area contributed by atoms with Crippen molar-refractivity contribution in [3.05, 3.63) is 16.4 Å².